The minimum Gasteiger partial charge on any atom is -0.390 e. The van der Waals surface area contributed by atoms with Crippen LogP contribution in [0.1, 0.15) is 162 Å². The average molecular weight is 1160 g/mol. The molecule has 2 aromatic carbocycles. The van der Waals surface area contributed by atoms with E-state index in [1.54, 1.807) is 12.3 Å². The summed E-state index contributed by atoms with van der Waals surface area (Å²) in [5.74, 6) is -0.0952. The fourth-order valence-electron chi connectivity index (χ4n) is 12.3. The van der Waals surface area contributed by atoms with Gasteiger partial charge in [0.2, 0.25) is 0 Å². The molecule has 3 saturated heterocycles. The lowest BCUT2D eigenvalue weighted by molar-refractivity contribution is 0.0845. The molecule has 0 saturated carbocycles. The molecule has 0 bridgehead atoms. The van der Waals surface area contributed by atoms with E-state index in [1.807, 2.05) is 78.1 Å². The number of hydrogen-bond acceptors (Lipinski definition) is 13. The zero-order valence-electron chi connectivity index (χ0n) is 52.3. The first-order valence-corrected chi connectivity index (χ1v) is 30.8. The quantitative estimate of drug-likeness (QED) is 0.0514. The smallest absolute Gasteiger partial charge is 0.253 e. The number of aromatic nitrogens is 4. The third kappa shape index (κ3) is 16.1. The number of carbonyl (C=O) groups excluding carboxylic acids is 2. The number of hydrogen-bond donors (Lipinski definition) is 5. The van der Waals surface area contributed by atoms with Crippen molar-refractivity contribution in [2.45, 2.75) is 152 Å². The Hall–Kier alpha value is -7.02. The molecule has 456 valence electrons. The number of aliphatic hydroxyl groups excluding tert-OH is 1. The Labute approximate surface area is 503 Å². The molecule has 2 amide bonds. The minimum atomic E-state index is -0.228. The number of ether oxygens (including phenoxy) is 2. The number of carbonyl (C=O) groups is 2. The highest BCUT2D eigenvalue weighted by molar-refractivity contribution is 6.00. The maximum absolute atomic E-state index is 14.0. The van der Waals surface area contributed by atoms with Crippen LogP contribution < -0.4 is 31.6 Å². The summed E-state index contributed by atoms with van der Waals surface area (Å²) in [6, 6.07) is 20.8. The molecule has 0 unspecified atom stereocenters. The van der Waals surface area contributed by atoms with Crippen molar-refractivity contribution < 1.29 is 24.2 Å². The maximum Gasteiger partial charge on any atom is 0.253 e. The van der Waals surface area contributed by atoms with Gasteiger partial charge in [-0.25, -0.2) is 0 Å². The zero-order chi connectivity index (χ0) is 60.9. The maximum atomic E-state index is 14.0. The van der Waals surface area contributed by atoms with Crippen LogP contribution in [0.4, 0.5) is 11.4 Å². The Morgan fingerprint density at radius 1 is 0.624 bits per heavy atom. The van der Waals surface area contributed by atoms with Gasteiger partial charge in [-0.1, -0.05) is 39.8 Å². The molecule has 0 atom stereocenters. The molecule has 0 radical (unpaired) electrons. The molecule has 9 rings (SSSR count). The van der Waals surface area contributed by atoms with Gasteiger partial charge in [0.05, 0.1) is 18.0 Å². The Kier molecular flexibility index (Phi) is 22.5. The van der Waals surface area contributed by atoms with Crippen LogP contribution in [0.2, 0.25) is 0 Å². The highest BCUT2D eigenvalue weighted by Crippen LogP contribution is 2.36. The topological polar surface area (TPSA) is 201 Å². The molecule has 5 N–H and O–H groups in total. The van der Waals surface area contributed by atoms with Gasteiger partial charge in [0.15, 0.2) is 0 Å². The lowest BCUT2D eigenvalue weighted by Crippen LogP contribution is -2.40. The largest absolute Gasteiger partial charge is 0.390 e. The summed E-state index contributed by atoms with van der Waals surface area (Å²) < 4.78 is 11.3. The zero-order valence-corrected chi connectivity index (χ0v) is 52.3. The van der Waals surface area contributed by atoms with Crippen molar-refractivity contribution in [3.8, 4) is 22.3 Å². The molecule has 0 spiro atoms. The van der Waals surface area contributed by atoms with Gasteiger partial charge in [0, 0.05) is 153 Å². The number of aromatic amines is 2. The molecule has 85 heavy (non-hydrogen) atoms. The second kappa shape index (κ2) is 29.9. The molecular formula is C68H92N10O7. The number of aliphatic hydroxyl groups is 1. The highest BCUT2D eigenvalue weighted by Gasteiger charge is 2.28. The molecule has 4 aromatic heterocycles. The highest BCUT2D eigenvalue weighted by atomic mass is 16.5. The van der Waals surface area contributed by atoms with E-state index in [0.29, 0.717) is 40.0 Å². The van der Waals surface area contributed by atoms with E-state index in [9.17, 15) is 24.3 Å². The Morgan fingerprint density at radius 2 is 1.07 bits per heavy atom. The SMILES string of the molecule is CCN(c1cc(-c2ccc(CN3CCCN(C)CC3)nc2)cc(C(=O)NCc2c(C(C)C)cc(C)[nH]c2=O)c1C)C1CCOCC1.CCN(c1cc(-c2ccc(CO)nc2)cc(C(=O)NCc2c(C(C)C)cc(C)[nH]c2=O)c1C)C1CCOCC1. The average Bonchev–Trinajstić information content (AvgIpc) is 2.78. The lowest BCUT2D eigenvalue weighted by atomic mass is 9.95. The fourth-order valence-corrected chi connectivity index (χ4v) is 12.3. The summed E-state index contributed by atoms with van der Waals surface area (Å²) in [6.07, 6.45) is 8.61. The number of amides is 2. The van der Waals surface area contributed by atoms with Crippen molar-refractivity contribution >= 4 is 23.2 Å². The van der Waals surface area contributed by atoms with Crippen LogP contribution in [-0.2, 0) is 35.7 Å². The number of pyridine rings is 4. The van der Waals surface area contributed by atoms with Gasteiger partial charge < -0.3 is 49.9 Å². The van der Waals surface area contributed by atoms with Gasteiger partial charge in [0.25, 0.3) is 22.9 Å². The Bertz CT molecular complexity index is 3340. The van der Waals surface area contributed by atoms with E-state index < -0.39 is 0 Å². The number of benzene rings is 2. The monoisotopic (exact) mass is 1160 g/mol. The van der Waals surface area contributed by atoms with Crippen molar-refractivity contribution in [2.24, 2.45) is 0 Å². The van der Waals surface area contributed by atoms with Gasteiger partial charge in [-0.3, -0.25) is 34.0 Å². The molecule has 6 aromatic rings. The van der Waals surface area contributed by atoms with E-state index in [1.165, 1.54) is 6.42 Å². The summed E-state index contributed by atoms with van der Waals surface area (Å²) in [5.41, 5.74) is 14.8. The lowest BCUT2D eigenvalue weighted by Gasteiger charge is -2.37. The molecule has 0 aliphatic carbocycles. The van der Waals surface area contributed by atoms with Crippen molar-refractivity contribution in [1.82, 2.24) is 40.4 Å². The van der Waals surface area contributed by atoms with Crippen LogP contribution in [-0.4, -0.2) is 131 Å². The van der Waals surface area contributed by atoms with E-state index in [-0.39, 0.29) is 54.5 Å². The first-order chi connectivity index (χ1) is 40.9. The third-order valence-corrected chi connectivity index (χ3v) is 17.2. The predicted octanol–water partition coefficient (Wildman–Crippen LogP) is 9.85. The number of H-pyrrole nitrogens is 2. The van der Waals surface area contributed by atoms with Crippen LogP contribution in [0.15, 0.2) is 82.6 Å². The number of likely N-dealkylation sites (N-methyl/N-ethyl adjacent to an activating group) is 1. The molecule has 17 heteroatoms. The van der Waals surface area contributed by atoms with Crippen LogP contribution in [0.25, 0.3) is 22.3 Å². The standard InChI is InChI=1S/C37H52N6O3.C31H40N4O4/c1-7-43(31-11-17-46-18-12-31)35-21-29(28-9-10-30(38-22-28)24-42-14-8-13-41(6)15-16-42)20-33(27(35)5)36(44)39-23-34-32(25(2)3)19-26(4)40-37(34)45;1-6-35(25-9-11-39-12-10-25)29-15-23(22-7-8-24(18-36)32-16-22)14-27(21(29)5)30(37)33-17-28-26(19(2)3)13-20(4)34-31(28)38/h9-10,19-22,25,31H,7-8,11-18,23-24H2,1-6H3,(H,39,44)(H,40,45);7-8,13-16,19,25,36H,6,9-12,17-18H2,1-5H3,(H,33,37)(H,34,38). The number of anilines is 2. The summed E-state index contributed by atoms with van der Waals surface area (Å²) >= 11 is 0. The van der Waals surface area contributed by atoms with Gasteiger partial charge in [0.1, 0.15) is 0 Å². The van der Waals surface area contributed by atoms with Crippen LogP contribution in [0.3, 0.4) is 0 Å². The normalized spacial score (nSPS) is 15.6. The molecule has 3 aliphatic rings. The molecule has 7 heterocycles. The van der Waals surface area contributed by atoms with Crippen molar-refractivity contribution in [2.75, 3.05) is 82.5 Å². The van der Waals surface area contributed by atoms with Crippen LogP contribution in [0.5, 0.6) is 0 Å². The number of aryl methyl sites for hydroxylation is 2. The predicted molar refractivity (Wildman–Crippen MR) is 340 cm³/mol. The van der Waals surface area contributed by atoms with E-state index in [4.69, 9.17) is 14.5 Å². The second-order valence-electron chi connectivity index (χ2n) is 23.9. The molecule has 3 fully saturated rings. The van der Waals surface area contributed by atoms with E-state index in [2.05, 4.69) is 104 Å². The second-order valence-corrected chi connectivity index (χ2v) is 23.9. The van der Waals surface area contributed by atoms with E-state index >= 15 is 0 Å². The Morgan fingerprint density at radius 3 is 1.47 bits per heavy atom. The van der Waals surface area contributed by atoms with Gasteiger partial charge >= 0.3 is 0 Å². The van der Waals surface area contributed by atoms with Crippen molar-refractivity contribution in [1.29, 1.82) is 0 Å². The third-order valence-electron chi connectivity index (χ3n) is 17.2. The fraction of sp³-hybridized carbons (Fsp3) is 0.500. The number of rotatable bonds is 19. The summed E-state index contributed by atoms with van der Waals surface area (Å²) in [4.78, 5) is 78.1. The molecular weight excluding hydrogens is 1070 g/mol. The summed E-state index contributed by atoms with van der Waals surface area (Å²) in [6.45, 7) is 30.3. The summed E-state index contributed by atoms with van der Waals surface area (Å²) in [7, 11) is 2.19. The van der Waals surface area contributed by atoms with Gasteiger partial charge in [-0.2, -0.15) is 0 Å². The number of nitrogens with one attached hydrogen (secondary N) is 4. The summed E-state index contributed by atoms with van der Waals surface area (Å²) in [5, 5.41) is 15.6. The van der Waals surface area contributed by atoms with Gasteiger partial charge in [-0.05, 0) is 188 Å². The van der Waals surface area contributed by atoms with Crippen molar-refractivity contribution in [3.63, 3.8) is 0 Å². The first kappa shape index (κ1) is 64.0. The molecule has 3 aliphatic heterocycles. The number of nitrogens with zero attached hydrogens (tertiary/aromatic N) is 6. The van der Waals surface area contributed by atoms with Gasteiger partial charge in [-0.15, -0.1) is 0 Å². The van der Waals surface area contributed by atoms with Crippen LogP contribution >= 0.6 is 0 Å². The molecule has 17 nitrogen and oxygen atoms in total. The minimum absolute atomic E-state index is 0.128. The van der Waals surface area contributed by atoms with Crippen LogP contribution in [0, 0.1) is 27.7 Å². The Balaban J connectivity index is 0.000000224. The first-order valence-electron chi connectivity index (χ1n) is 30.8. The van der Waals surface area contributed by atoms with Crippen molar-refractivity contribution in [3.05, 3.63) is 161 Å². The van der Waals surface area contributed by atoms with E-state index in [0.717, 1.165) is 171 Å².